The van der Waals surface area contributed by atoms with Crippen LogP contribution in [0.25, 0.3) is 0 Å². The highest BCUT2D eigenvalue weighted by Crippen LogP contribution is 2.31. The van der Waals surface area contributed by atoms with E-state index in [1.807, 2.05) is 38.2 Å². The number of fused-ring (bicyclic) bond motifs is 1. The minimum absolute atomic E-state index is 0.0394. The van der Waals surface area contributed by atoms with Crippen molar-refractivity contribution in [3.05, 3.63) is 24.3 Å². The summed E-state index contributed by atoms with van der Waals surface area (Å²) in [5.41, 5.74) is 0. The Morgan fingerprint density at radius 3 is 1.86 bits per heavy atom. The van der Waals surface area contributed by atoms with Crippen molar-refractivity contribution in [2.24, 2.45) is 11.8 Å². The van der Waals surface area contributed by atoms with E-state index in [1.54, 1.807) is 0 Å². The van der Waals surface area contributed by atoms with Gasteiger partial charge in [-0.1, -0.05) is 24.3 Å². The Morgan fingerprint density at radius 1 is 1.07 bits per heavy atom. The number of amides is 2. The third-order valence-electron chi connectivity index (χ3n) is 2.70. The third kappa shape index (κ3) is 1.12. The maximum absolute atomic E-state index is 11.8. The van der Waals surface area contributed by atoms with E-state index < -0.39 is 0 Å². The highest BCUT2D eigenvalue weighted by Gasteiger charge is 2.46. The lowest BCUT2D eigenvalue weighted by Crippen LogP contribution is -2.36. The van der Waals surface area contributed by atoms with Crippen LogP contribution in [-0.4, -0.2) is 22.8 Å². The van der Waals surface area contributed by atoms with Crippen molar-refractivity contribution < 1.29 is 9.59 Å². The van der Waals surface area contributed by atoms with Gasteiger partial charge >= 0.3 is 0 Å². The van der Waals surface area contributed by atoms with Crippen LogP contribution in [0.15, 0.2) is 24.3 Å². The van der Waals surface area contributed by atoms with E-state index in [4.69, 9.17) is 0 Å². The summed E-state index contributed by atoms with van der Waals surface area (Å²) in [5, 5.41) is 0. The molecule has 3 nitrogen and oxygen atoms in total. The first-order valence-electron chi connectivity index (χ1n) is 4.85. The van der Waals surface area contributed by atoms with Crippen molar-refractivity contribution in [1.29, 1.82) is 0 Å². The van der Waals surface area contributed by atoms with Crippen molar-refractivity contribution in [1.82, 2.24) is 4.90 Å². The van der Waals surface area contributed by atoms with Crippen molar-refractivity contribution in [3.8, 4) is 0 Å². The molecule has 2 amide bonds. The average molecular weight is 191 g/mol. The molecule has 3 heteroatoms. The largest absolute Gasteiger partial charge is 0.279 e. The summed E-state index contributed by atoms with van der Waals surface area (Å²) < 4.78 is 0. The van der Waals surface area contributed by atoms with Crippen LogP contribution in [0.1, 0.15) is 13.8 Å². The number of hydrogen-bond acceptors (Lipinski definition) is 2. The molecular formula is C11H13NO2. The Morgan fingerprint density at radius 2 is 1.50 bits per heavy atom. The number of allylic oxidation sites excluding steroid dienone is 2. The topological polar surface area (TPSA) is 37.4 Å². The van der Waals surface area contributed by atoms with E-state index in [0.29, 0.717) is 0 Å². The lowest BCUT2D eigenvalue weighted by molar-refractivity contribution is -0.141. The Labute approximate surface area is 83.1 Å². The molecule has 1 fully saturated rings. The van der Waals surface area contributed by atoms with Gasteiger partial charge in [-0.25, -0.2) is 0 Å². The standard InChI is InChI=1S/C11H13NO2/c1-7(2)12-10(13)8-5-3-4-6-9(8)11(12)14/h3-9H,1-2H3. The highest BCUT2D eigenvalue weighted by molar-refractivity contribution is 6.07. The van der Waals surface area contributed by atoms with Gasteiger partial charge in [-0.05, 0) is 13.8 Å². The molecule has 74 valence electrons. The molecule has 0 saturated carbocycles. The molecule has 2 unspecified atom stereocenters. The lowest BCUT2D eigenvalue weighted by Gasteiger charge is -2.18. The molecule has 1 saturated heterocycles. The van der Waals surface area contributed by atoms with Gasteiger partial charge in [-0.3, -0.25) is 14.5 Å². The quantitative estimate of drug-likeness (QED) is 0.582. The average Bonchev–Trinajstić information content (AvgIpc) is 2.41. The maximum atomic E-state index is 11.8. The van der Waals surface area contributed by atoms with Crippen molar-refractivity contribution in [2.45, 2.75) is 19.9 Å². The van der Waals surface area contributed by atoms with Gasteiger partial charge < -0.3 is 0 Å². The Hall–Kier alpha value is -1.38. The predicted octanol–water partition coefficient (Wildman–Crippen LogP) is 1.12. The summed E-state index contributed by atoms with van der Waals surface area (Å²) in [4.78, 5) is 25.0. The monoisotopic (exact) mass is 191 g/mol. The number of likely N-dealkylation sites (tertiary alicyclic amines) is 1. The van der Waals surface area contributed by atoms with Gasteiger partial charge in [0.2, 0.25) is 11.8 Å². The Balaban J connectivity index is 2.35. The van der Waals surface area contributed by atoms with Crippen LogP contribution < -0.4 is 0 Å². The van der Waals surface area contributed by atoms with E-state index in [-0.39, 0.29) is 29.7 Å². The highest BCUT2D eigenvalue weighted by atomic mass is 16.2. The summed E-state index contributed by atoms with van der Waals surface area (Å²) in [5.74, 6) is -0.629. The molecule has 0 aromatic carbocycles. The van der Waals surface area contributed by atoms with Crippen LogP contribution in [-0.2, 0) is 9.59 Å². The van der Waals surface area contributed by atoms with Crippen LogP contribution >= 0.6 is 0 Å². The van der Waals surface area contributed by atoms with E-state index in [2.05, 4.69) is 0 Å². The molecule has 2 rings (SSSR count). The Bertz CT molecular complexity index is 311. The van der Waals surface area contributed by atoms with Gasteiger partial charge in [0.25, 0.3) is 0 Å². The van der Waals surface area contributed by atoms with E-state index >= 15 is 0 Å². The molecule has 0 aromatic heterocycles. The number of carbonyl (C=O) groups excluding carboxylic acids is 2. The number of imide groups is 1. The molecule has 0 aromatic rings. The molecule has 0 bridgehead atoms. The molecule has 0 radical (unpaired) electrons. The first-order valence-corrected chi connectivity index (χ1v) is 4.85. The van der Waals surface area contributed by atoms with E-state index in [9.17, 15) is 9.59 Å². The van der Waals surface area contributed by atoms with E-state index in [1.165, 1.54) is 4.90 Å². The van der Waals surface area contributed by atoms with Crippen molar-refractivity contribution in [3.63, 3.8) is 0 Å². The predicted molar refractivity (Wildman–Crippen MR) is 52.2 cm³/mol. The van der Waals surface area contributed by atoms with Gasteiger partial charge in [-0.2, -0.15) is 0 Å². The van der Waals surface area contributed by atoms with Crippen LogP contribution in [0.2, 0.25) is 0 Å². The van der Waals surface area contributed by atoms with Crippen LogP contribution in [0, 0.1) is 11.8 Å². The zero-order valence-corrected chi connectivity index (χ0v) is 8.31. The number of nitrogens with zero attached hydrogens (tertiary/aromatic N) is 1. The van der Waals surface area contributed by atoms with E-state index in [0.717, 1.165) is 0 Å². The Kier molecular flexibility index (Phi) is 2.02. The smallest absolute Gasteiger partial charge is 0.237 e. The lowest BCUT2D eigenvalue weighted by atomic mass is 9.91. The van der Waals surface area contributed by atoms with Gasteiger partial charge in [-0.15, -0.1) is 0 Å². The second kappa shape index (κ2) is 3.08. The second-order valence-corrected chi connectivity index (χ2v) is 3.96. The van der Waals surface area contributed by atoms with Crippen LogP contribution in [0.5, 0.6) is 0 Å². The summed E-state index contributed by atoms with van der Waals surface area (Å²) in [6, 6.07) is -0.0394. The van der Waals surface area contributed by atoms with Gasteiger partial charge in [0, 0.05) is 6.04 Å². The first-order chi connectivity index (χ1) is 6.63. The first kappa shape index (κ1) is 9.19. The van der Waals surface area contributed by atoms with Gasteiger partial charge in [0.05, 0.1) is 11.8 Å². The third-order valence-corrected chi connectivity index (χ3v) is 2.70. The fourth-order valence-corrected chi connectivity index (χ4v) is 2.02. The molecular weight excluding hydrogens is 178 g/mol. The van der Waals surface area contributed by atoms with Gasteiger partial charge in [0.15, 0.2) is 0 Å². The summed E-state index contributed by atoms with van der Waals surface area (Å²) in [7, 11) is 0. The summed E-state index contributed by atoms with van der Waals surface area (Å²) >= 11 is 0. The molecule has 1 aliphatic heterocycles. The second-order valence-electron chi connectivity index (χ2n) is 3.96. The van der Waals surface area contributed by atoms with Crippen LogP contribution in [0.4, 0.5) is 0 Å². The SMILES string of the molecule is CC(C)N1C(=O)C2C=CC=CC2C1=O. The molecule has 1 heterocycles. The van der Waals surface area contributed by atoms with Crippen molar-refractivity contribution in [2.75, 3.05) is 0 Å². The summed E-state index contributed by atoms with van der Waals surface area (Å²) in [6.07, 6.45) is 7.28. The summed E-state index contributed by atoms with van der Waals surface area (Å²) in [6.45, 7) is 3.72. The molecule has 0 spiro atoms. The molecule has 2 atom stereocenters. The number of carbonyl (C=O) groups is 2. The normalized spacial score (nSPS) is 30.4. The van der Waals surface area contributed by atoms with Crippen molar-refractivity contribution >= 4 is 11.8 Å². The maximum Gasteiger partial charge on any atom is 0.237 e. The molecule has 2 aliphatic rings. The number of rotatable bonds is 1. The fraction of sp³-hybridized carbons (Fsp3) is 0.455. The molecule has 14 heavy (non-hydrogen) atoms. The number of hydrogen-bond donors (Lipinski definition) is 0. The minimum atomic E-state index is -0.255. The molecule has 0 N–H and O–H groups in total. The van der Waals surface area contributed by atoms with Crippen LogP contribution in [0.3, 0.4) is 0 Å². The fourth-order valence-electron chi connectivity index (χ4n) is 2.02. The van der Waals surface area contributed by atoms with Gasteiger partial charge in [0.1, 0.15) is 0 Å². The zero-order chi connectivity index (χ0) is 10.3. The molecule has 1 aliphatic carbocycles. The zero-order valence-electron chi connectivity index (χ0n) is 8.31. The minimum Gasteiger partial charge on any atom is -0.279 e.